The van der Waals surface area contributed by atoms with Crippen molar-refractivity contribution in [2.24, 2.45) is 0 Å². The predicted octanol–water partition coefficient (Wildman–Crippen LogP) is 1.71. The first-order chi connectivity index (χ1) is 10.4. The number of piperidine rings is 1. The van der Waals surface area contributed by atoms with Gasteiger partial charge in [-0.3, -0.25) is 0 Å². The quantitative estimate of drug-likeness (QED) is 0.839. The van der Waals surface area contributed by atoms with Gasteiger partial charge in [0, 0.05) is 38.3 Å². The smallest absolute Gasteiger partial charge is 0.243 e. The van der Waals surface area contributed by atoms with Gasteiger partial charge in [0.05, 0.1) is 14.9 Å². The minimum atomic E-state index is -3.51. The first-order valence-electron chi connectivity index (χ1n) is 7.34. The van der Waals surface area contributed by atoms with Crippen LogP contribution >= 0.6 is 23.2 Å². The molecule has 1 aromatic rings. The molecule has 2 aliphatic rings. The highest BCUT2D eigenvalue weighted by molar-refractivity contribution is 7.89. The van der Waals surface area contributed by atoms with Crippen LogP contribution in [0, 0.1) is 0 Å². The molecule has 2 saturated heterocycles. The lowest BCUT2D eigenvalue weighted by Crippen LogP contribution is -2.63. The summed E-state index contributed by atoms with van der Waals surface area (Å²) in [5, 5.41) is 7.54. The normalized spacial score (nSPS) is 22.8. The molecule has 2 fully saturated rings. The van der Waals surface area contributed by atoms with E-state index in [0.717, 1.165) is 32.5 Å². The molecule has 1 spiro atoms. The lowest BCUT2D eigenvalue weighted by Gasteiger charge is -2.44. The summed E-state index contributed by atoms with van der Waals surface area (Å²) in [5.41, 5.74) is 0.0297. The maximum Gasteiger partial charge on any atom is 0.243 e. The lowest BCUT2D eigenvalue weighted by atomic mass is 9.87. The number of halogens is 2. The van der Waals surface area contributed by atoms with Crippen LogP contribution in [-0.4, -0.2) is 51.0 Å². The Morgan fingerprint density at radius 1 is 1.09 bits per heavy atom. The molecule has 2 N–H and O–H groups in total. The zero-order valence-electron chi connectivity index (χ0n) is 12.1. The van der Waals surface area contributed by atoms with Crippen molar-refractivity contribution in [1.29, 1.82) is 0 Å². The highest BCUT2D eigenvalue weighted by Gasteiger charge is 2.39. The summed E-state index contributed by atoms with van der Waals surface area (Å²) >= 11 is 11.8. The molecule has 0 unspecified atom stereocenters. The maximum atomic E-state index is 12.7. The van der Waals surface area contributed by atoms with Crippen LogP contribution in [0.15, 0.2) is 23.1 Å². The van der Waals surface area contributed by atoms with E-state index in [4.69, 9.17) is 23.2 Å². The van der Waals surface area contributed by atoms with Gasteiger partial charge in [0.2, 0.25) is 10.0 Å². The molecule has 0 atom stereocenters. The molecule has 0 aromatic heterocycles. The Kier molecular flexibility index (Phi) is 4.69. The van der Waals surface area contributed by atoms with Crippen molar-refractivity contribution in [3.05, 3.63) is 28.2 Å². The number of piperazine rings is 1. The molecular formula is C14H19Cl2N3O2S. The second kappa shape index (κ2) is 6.26. The highest BCUT2D eigenvalue weighted by Crippen LogP contribution is 2.30. The second-order valence-electron chi connectivity index (χ2n) is 5.86. The fourth-order valence-electron chi connectivity index (χ4n) is 3.10. The molecule has 5 nitrogen and oxygen atoms in total. The van der Waals surface area contributed by atoms with E-state index < -0.39 is 10.0 Å². The molecular weight excluding hydrogens is 345 g/mol. The van der Waals surface area contributed by atoms with Crippen molar-refractivity contribution in [3.63, 3.8) is 0 Å². The molecule has 1 aromatic carbocycles. The fraction of sp³-hybridized carbons (Fsp3) is 0.571. The van der Waals surface area contributed by atoms with E-state index in [1.54, 1.807) is 0 Å². The van der Waals surface area contributed by atoms with E-state index >= 15 is 0 Å². The van der Waals surface area contributed by atoms with E-state index in [0.29, 0.717) is 18.1 Å². The first kappa shape index (κ1) is 16.5. The standard InChI is InChI=1S/C14H19Cl2N3O2S/c15-12-2-1-11(9-13(12)16)22(20,21)19-7-3-14(4-8-19)10-17-5-6-18-14/h1-2,9,17-18H,3-8,10H2. The summed E-state index contributed by atoms with van der Waals surface area (Å²) in [6.07, 6.45) is 1.61. The highest BCUT2D eigenvalue weighted by atomic mass is 35.5. The van der Waals surface area contributed by atoms with Crippen molar-refractivity contribution in [1.82, 2.24) is 14.9 Å². The third-order valence-electron chi connectivity index (χ3n) is 4.47. The summed E-state index contributed by atoms with van der Waals surface area (Å²) in [6.45, 7) is 3.81. The number of nitrogens with zero attached hydrogens (tertiary/aromatic N) is 1. The number of rotatable bonds is 2. The molecule has 2 heterocycles. The van der Waals surface area contributed by atoms with Crippen LogP contribution in [0.3, 0.4) is 0 Å². The third-order valence-corrected chi connectivity index (χ3v) is 7.11. The van der Waals surface area contributed by atoms with Crippen LogP contribution in [0.5, 0.6) is 0 Å². The predicted molar refractivity (Wildman–Crippen MR) is 88.1 cm³/mol. The molecule has 8 heteroatoms. The van der Waals surface area contributed by atoms with E-state index in [2.05, 4.69) is 10.6 Å². The Morgan fingerprint density at radius 2 is 1.82 bits per heavy atom. The average Bonchev–Trinajstić information content (AvgIpc) is 2.51. The third kappa shape index (κ3) is 3.13. The van der Waals surface area contributed by atoms with Crippen LogP contribution in [0.25, 0.3) is 0 Å². The van der Waals surface area contributed by atoms with Crippen molar-refractivity contribution >= 4 is 33.2 Å². The molecule has 0 bridgehead atoms. The van der Waals surface area contributed by atoms with E-state index in [1.807, 2.05) is 0 Å². The van der Waals surface area contributed by atoms with Gasteiger partial charge >= 0.3 is 0 Å². The molecule has 0 radical (unpaired) electrons. The monoisotopic (exact) mass is 363 g/mol. The summed E-state index contributed by atoms with van der Waals surface area (Å²) < 4.78 is 27.0. The Bertz CT molecular complexity index is 650. The topological polar surface area (TPSA) is 61.4 Å². The van der Waals surface area contributed by atoms with Crippen LogP contribution < -0.4 is 10.6 Å². The Hall–Kier alpha value is -0.370. The number of hydrogen-bond acceptors (Lipinski definition) is 4. The number of nitrogens with one attached hydrogen (secondary N) is 2. The van der Waals surface area contributed by atoms with Crippen LogP contribution in [-0.2, 0) is 10.0 Å². The van der Waals surface area contributed by atoms with E-state index in [-0.39, 0.29) is 15.5 Å². The molecule has 0 aliphatic carbocycles. The second-order valence-corrected chi connectivity index (χ2v) is 8.62. The molecule has 0 saturated carbocycles. The lowest BCUT2D eigenvalue weighted by molar-refractivity contribution is 0.169. The minimum Gasteiger partial charge on any atom is -0.314 e. The number of benzene rings is 1. The zero-order valence-corrected chi connectivity index (χ0v) is 14.4. The summed E-state index contributed by atoms with van der Waals surface area (Å²) in [7, 11) is -3.51. The summed E-state index contributed by atoms with van der Waals surface area (Å²) in [4.78, 5) is 0.201. The van der Waals surface area contributed by atoms with Gasteiger partial charge in [0.1, 0.15) is 0 Å². The molecule has 0 amide bonds. The Labute approximate surface area is 141 Å². The van der Waals surface area contributed by atoms with E-state index in [1.165, 1.54) is 22.5 Å². The van der Waals surface area contributed by atoms with Crippen molar-refractivity contribution in [2.45, 2.75) is 23.3 Å². The maximum absolute atomic E-state index is 12.7. The van der Waals surface area contributed by atoms with Crippen LogP contribution in [0.4, 0.5) is 0 Å². The van der Waals surface area contributed by atoms with Crippen LogP contribution in [0.2, 0.25) is 10.0 Å². The molecule has 2 aliphatic heterocycles. The minimum absolute atomic E-state index is 0.0297. The van der Waals surface area contributed by atoms with Gasteiger partial charge < -0.3 is 10.6 Å². The fourth-order valence-corrected chi connectivity index (χ4v) is 4.93. The SMILES string of the molecule is O=S(=O)(c1ccc(Cl)c(Cl)c1)N1CCC2(CC1)CNCCN2. The number of hydrogen-bond donors (Lipinski definition) is 2. The van der Waals surface area contributed by atoms with Gasteiger partial charge in [-0.2, -0.15) is 4.31 Å². The van der Waals surface area contributed by atoms with Crippen molar-refractivity contribution in [2.75, 3.05) is 32.7 Å². The van der Waals surface area contributed by atoms with Gasteiger partial charge in [-0.15, -0.1) is 0 Å². The van der Waals surface area contributed by atoms with Gasteiger partial charge in [-0.25, -0.2) is 8.42 Å². The molecule has 122 valence electrons. The summed E-state index contributed by atoms with van der Waals surface area (Å²) in [6, 6.07) is 4.45. The van der Waals surface area contributed by atoms with Gasteiger partial charge in [-0.1, -0.05) is 23.2 Å². The largest absolute Gasteiger partial charge is 0.314 e. The summed E-state index contributed by atoms with van der Waals surface area (Å²) in [5.74, 6) is 0. The molecule has 3 rings (SSSR count). The number of sulfonamides is 1. The van der Waals surface area contributed by atoms with Crippen molar-refractivity contribution < 1.29 is 8.42 Å². The van der Waals surface area contributed by atoms with Gasteiger partial charge in [0.15, 0.2) is 0 Å². The Balaban J connectivity index is 1.75. The zero-order chi connectivity index (χ0) is 15.8. The van der Waals surface area contributed by atoms with Crippen molar-refractivity contribution in [3.8, 4) is 0 Å². The van der Waals surface area contributed by atoms with Gasteiger partial charge in [-0.05, 0) is 31.0 Å². The average molecular weight is 364 g/mol. The van der Waals surface area contributed by atoms with Crippen LogP contribution in [0.1, 0.15) is 12.8 Å². The first-order valence-corrected chi connectivity index (χ1v) is 9.54. The van der Waals surface area contributed by atoms with Gasteiger partial charge in [0.25, 0.3) is 0 Å². The molecule has 22 heavy (non-hydrogen) atoms. The van der Waals surface area contributed by atoms with E-state index in [9.17, 15) is 8.42 Å². The Morgan fingerprint density at radius 3 is 2.41 bits per heavy atom.